The summed E-state index contributed by atoms with van der Waals surface area (Å²) in [7, 11) is 3.78. The quantitative estimate of drug-likeness (QED) is 0.599. The second-order valence-electron chi connectivity index (χ2n) is 3.07. The molecule has 0 spiro atoms. The van der Waals surface area contributed by atoms with Gasteiger partial charge in [0.25, 0.3) is 0 Å². The van der Waals surface area contributed by atoms with Crippen LogP contribution in [0.15, 0.2) is 24.3 Å². The van der Waals surface area contributed by atoms with Gasteiger partial charge >= 0.3 is 0 Å². The van der Waals surface area contributed by atoms with Gasteiger partial charge in [-0.25, -0.2) is 0 Å². The number of H-pyrrole nitrogens is 2. The fraction of sp³-hybridized carbons (Fsp3) is 0.200. The lowest BCUT2D eigenvalue weighted by atomic mass is 10.3. The zero-order valence-electron chi connectivity index (χ0n) is 8.31. The topological polar surface area (TPSA) is 55.6 Å². The largest absolute Gasteiger partial charge is 0.375 e. The van der Waals surface area contributed by atoms with Crippen molar-refractivity contribution < 1.29 is 0 Å². The molecule has 74 valence electrons. The number of aromatic nitrogens is 2. The summed E-state index contributed by atoms with van der Waals surface area (Å²) in [6, 6.07) is 8.10. The number of rotatable bonds is 3. The van der Waals surface area contributed by atoms with E-state index in [0.717, 1.165) is 23.0 Å². The van der Waals surface area contributed by atoms with Gasteiger partial charge in [0, 0.05) is 14.1 Å². The number of hydrogen-bond acceptors (Lipinski definition) is 2. The van der Waals surface area contributed by atoms with Gasteiger partial charge in [0.15, 0.2) is 0 Å². The van der Waals surface area contributed by atoms with Gasteiger partial charge in [0.2, 0.25) is 0 Å². The third kappa shape index (κ3) is 1.46. The molecule has 0 aliphatic heterocycles. The average molecular weight is 190 g/mol. The Morgan fingerprint density at radius 3 is 1.50 bits per heavy atom. The molecule has 0 aromatic carbocycles. The van der Waals surface area contributed by atoms with Crippen molar-refractivity contribution >= 4 is 11.6 Å². The fourth-order valence-electron chi connectivity index (χ4n) is 1.40. The lowest BCUT2D eigenvalue weighted by molar-refractivity contribution is 1.29. The highest BCUT2D eigenvalue weighted by Gasteiger charge is 2.02. The van der Waals surface area contributed by atoms with E-state index in [-0.39, 0.29) is 0 Å². The fourth-order valence-corrected chi connectivity index (χ4v) is 1.40. The minimum absolute atomic E-state index is 1.01. The Balaban J connectivity index is 2.29. The maximum absolute atomic E-state index is 3.25. The van der Waals surface area contributed by atoms with Crippen LogP contribution in [-0.4, -0.2) is 24.1 Å². The predicted octanol–water partition coefficient (Wildman–Crippen LogP) is 2.09. The van der Waals surface area contributed by atoms with E-state index in [1.54, 1.807) is 0 Å². The van der Waals surface area contributed by atoms with Crippen molar-refractivity contribution in [3.63, 3.8) is 0 Å². The van der Waals surface area contributed by atoms with Gasteiger partial charge in [-0.2, -0.15) is 0 Å². The molecule has 0 unspecified atom stereocenters. The van der Waals surface area contributed by atoms with Crippen molar-refractivity contribution in [3.05, 3.63) is 24.3 Å². The molecule has 0 fully saturated rings. The van der Waals surface area contributed by atoms with E-state index in [1.165, 1.54) is 0 Å². The van der Waals surface area contributed by atoms with E-state index < -0.39 is 0 Å². The van der Waals surface area contributed by atoms with Crippen LogP contribution >= 0.6 is 0 Å². The summed E-state index contributed by atoms with van der Waals surface area (Å²) in [5, 5.41) is 6.11. The van der Waals surface area contributed by atoms with Crippen LogP contribution in [0.3, 0.4) is 0 Å². The molecule has 4 nitrogen and oxygen atoms in total. The lowest BCUT2D eigenvalue weighted by Crippen LogP contribution is -1.88. The number of anilines is 2. The molecule has 0 aliphatic carbocycles. The molecule has 4 N–H and O–H groups in total. The summed E-state index contributed by atoms with van der Waals surface area (Å²) >= 11 is 0. The van der Waals surface area contributed by atoms with Crippen molar-refractivity contribution in [3.8, 4) is 11.4 Å². The zero-order valence-corrected chi connectivity index (χ0v) is 8.31. The standard InChI is InChI=1S/C10H14N4/c1-11-9-5-3-7(13-9)8-4-6-10(12-2)14-8/h3-6,11-14H,1-2H3. The van der Waals surface area contributed by atoms with Crippen LogP contribution in [0.5, 0.6) is 0 Å². The average Bonchev–Trinajstić information content (AvgIpc) is 2.86. The van der Waals surface area contributed by atoms with Gasteiger partial charge in [-0.3, -0.25) is 0 Å². The molecular formula is C10H14N4. The Morgan fingerprint density at radius 2 is 1.21 bits per heavy atom. The van der Waals surface area contributed by atoms with Crippen LogP contribution < -0.4 is 10.6 Å². The highest BCUT2D eigenvalue weighted by atomic mass is 15.0. The summed E-state index contributed by atoms with van der Waals surface area (Å²) in [5.74, 6) is 2.03. The van der Waals surface area contributed by atoms with E-state index in [9.17, 15) is 0 Å². The maximum atomic E-state index is 3.25. The minimum atomic E-state index is 1.01. The van der Waals surface area contributed by atoms with Crippen LogP contribution in [0.4, 0.5) is 11.6 Å². The summed E-state index contributed by atoms with van der Waals surface area (Å²) < 4.78 is 0. The van der Waals surface area contributed by atoms with Gasteiger partial charge < -0.3 is 20.6 Å². The smallest absolute Gasteiger partial charge is 0.103 e. The lowest BCUT2D eigenvalue weighted by Gasteiger charge is -1.96. The van der Waals surface area contributed by atoms with Crippen molar-refractivity contribution in [2.45, 2.75) is 0 Å². The molecule has 14 heavy (non-hydrogen) atoms. The Kier molecular flexibility index (Phi) is 2.18. The van der Waals surface area contributed by atoms with Crippen molar-refractivity contribution in [1.29, 1.82) is 0 Å². The summed E-state index contributed by atoms with van der Waals surface area (Å²) in [4.78, 5) is 6.49. The van der Waals surface area contributed by atoms with Crippen LogP contribution in [0.1, 0.15) is 0 Å². The number of nitrogens with one attached hydrogen (secondary N) is 4. The Hall–Kier alpha value is -1.84. The first-order valence-electron chi connectivity index (χ1n) is 4.57. The van der Waals surface area contributed by atoms with Crippen molar-refractivity contribution in [2.24, 2.45) is 0 Å². The summed E-state index contributed by atoms with van der Waals surface area (Å²) in [6.07, 6.45) is 0. The van der Waals surface area contributed by atoms with Crippen molar-refractivity contribution in [1.82, 2.24) is 9.97 Å². The first-order chi connectivity index (χ1) is 6.83. The van der Waals surface area contributed by atoms with E-state index in [1.807, 2.05) is 38.4 Å². The molecule has 2 aromatic rings. The first-order valence-corrected chi connectivity index (χ1v) is 4.57. The third-order valence-electron chi connectivity index (χ3n) is 2.20. The first kappa shape index (κ1) is 8.74. The van der Waals surface area contributed by atoms with Gasteiger partial charge in [0.1, 0.15) is 11.6 Å². The third-order valence-corrected chi connectivity index (χ3v) is 2.20. The van der Waals surface area contributed by atoms with E-state index in [0.29, 0.717) is 0 Å². The second-order valence-corrected chi connectivity index (χ2v) is 3.07. The summed E-state index contributed by atoms with van der Waals surface area (Å²) in [6.45, 7) is 0. The molecule has 2 aromatic heterocycles. The second kappa shape index (κ2) is 3.49. The van der Waals surface area contributed by atoms with Crippen LogP contribution in [0.2, 0.25) is 0 Å². The summed E-state index contributed by atoms with van der Waals surface area (Å²) in [5.41, 5.74) is 2.16. The molecule has 2 rings (SSSR count). The van der Waals surface area contributed by atoms with E-state index in [2.05, 4.69) is 20.6 Å². The molecule has 0 radical (unpaired) electrons. The molecule has 0 saturated heterocycles. The molecule has 0 saturated carbocycles. The Morgan fingerprint density at radius 1 is 0.786 bits per heavy atom. The monoisotopic (exact) mass is 190 g/mol. The highest BCUT2D eigenvalue weighted by molar-refractivity contribution is 5.62. The van der Waals surface area contributed by atoms with Crippen molar-refractivity contribution in [2.75, 3.05) is 24.7 Å². The molecule has 0 atom stereocenters. The molecule has 2 heterocycles. The van der Waals surface area contributed by atoms with E-state index >= 15 is 0 Å². The Bertz CT molecular complexity index is 373. The van der Waals surface area contributed by atoms with E-state index in [4.69, 9.17) is 0 Å². The zero-order chi connectivity index (χ0) is 9.97. The molecule has 4 heteroatoms. The highest BCUT2D eigenvalue weighted by Crippen LogP contribution is 2.21. The van der Waals surface area contributed by atoms with Crippen LogP contribution in [-0.2, 0) is 0 Å². The van der Waals surface area contributed by atoms with Crippen LogP contribution in [0, 0.1) is 0 Å². The molecule has 0 amide bonds. The normalized spacial score (nSPS) is 10.1. The minimum Gasteiger partial charge on any atom is -0.375 e. The maximum Gasteiger partial charge on any atom is 0.103 e. The van der Waals surface area contributed by atoms with Crippen LogP contribution in [0.25, 0.3) is 11.4 Å². The van der Waals surface area contributed by atoms with Gasteiger partial charge in [0.05, 0.1) is 11.4 Å². The Labute approximate surface area is 82.7 Å². The number of aromatic amines is 2. The van der Waals surface area contributed by atoms with Gasteiger partial charge in [-0.1, -0.05) is 0 Å². The molecule has 0 bridgehead atoms. The van der Waals surface area contributed by atoms with Gasteiger partial charge in [-0.05, 0) is 24.3 Å². The predicted molar refractivity (Wildman–Crippen MR) is 59.7 cm³/mol. The number of hydrogen-bond donors (Lipinski definition) is 4. The van der Waals surface area contributed by atoms with Gasteiger partial charge in [-0.15, -0.1) is 0 Å². The SMILES string of the molecule is CNc1ccc(-c2ccc(NC)[nH]2)[nH]1. The molecule has 0 aliphatic rings. The molecular weight excluding hydrogens is 176 g/mol.